The van der Waals surface area contributed by atoms with Gasteiger partial charge < -0.3 is 14.6 Å². The quantitative estimate of drug-likeness (QED) is 0.876. The minimum absolute atomic E-state index is 0.0963. The van der Waals surface area contributed by atoms with Gasteiger partial charge in [0.1, 0.15) is 6.07 Å². The van der Waals surface area contributed by atoms with Gasteiger partial charge in [0.05, 0.1) is 24.1 Å². The molecule has 28 heavy (non-hydrogen) atoms. The predicted molar refractivity (Wildman–Crippen MR) is 109 cm³/mol. The normalized spacial score (nSPS) is 15.2. The molecule has 142 valence electrons. The zero-order valence-corrected chi connectivity index (χ0v) is 16.2. The molecule has 5 nitrogen and oxygen atoms in total. The largest absolute Gasteiger partial charge is 0.501 e. The Balaban J connectivity index is 1.78. The van der Waals surface area contributed by atoms with Crippen LogP contribution in [0.15, 0.2) is 36.1 Å². The summed E-state index contributed by atoms with van der Waals surface area (Å²) in [6.45, 7) is 2.83. The van der Waals surface area contributed by atoms with Crippen LogP contribution < -0.4 is 15.9 Å². The van der Waals surface area contributed by atoms with Crippen LogP contribution in [0.1, 0.15) is 31.7 Å². The van der Waals surface area contributed by atoms with E-state index < -0.39 is 0 Å². The Morgan fingerprint density at radius 1 is 1.29 bits per heavy atom. The Labute approximate surface area is 164 Å². The van der Waals surface area contributed by atoms with Gasteiger partial charge in [0.2, 0.25) is 5.91 Å². The molecule has 0 radical (unpaired) electrons. The summed E-state index contributed by atoms with van der Waals surface area (Å²) in [5, 5.41) is 14.8. The number of methoxy groups -OCH3 is 1. The van der Waals surface area contributed by atoms with Gasteiger partial charge in [-0.15, -0.1) is 0 Å². The van der Waals surface area contributed by atoms with Crippen LogP contribution >= 0.6 is 0 Å². The SMILES string of the molecule is CCn1c(-c2ccc(NC(=O)C3CC3)cc2)c(C#N)c2c1=CC=C(OC)CC=2. The van der Waals surface area contributed by atoms with Gasteiger partial charge in [-0.1, -0.05) is 18.2 Å². The van der Waals surface area contributed by atoms with Crippen molar-refractivity contribution in [2.75, 3.05) is 12.4 Å². The molecule has 1 aromatic heterocycles. The van der Waals surface area contributed by atoms with Crippen molar-refractivity contribution in [2.24, 2.45) is 5.92 Å². The minimum atomic E-state index is 0.0963. The van der Waals surface area contributed by atoms with E-state index in [1.165, 1.54) is 0 Å². The predicted octanol–water partition coefficient (Wildman–Crippen LogP) is 2.89. The summed E-state index contributed by atoms with van der Waals surface area (Å²) < 4.78 is 7.54. The Morgan fingerprint density at radius 3 is 2.64 bits per heavy atom. The maximum Gasteiger partial charge on any atom is 0.227 e. The third kappa shape index (κ3) is 3.22. The Kier molecular flexibility index (Phi) is 4.79. The van der Waals surface area contributed by atoms with Crippen molar-refractivity contribution in [3.63, 3.8) is 0 Å². The molecule has 2 aromatic rings. The van der Waals surface area contributed by atoms with Gasteiger partial charge in [-0.3, -0.25) is 4.79 Å². The zero-order chi connectivity index (χ0) is 19.7. The first-order valence-electron chi connectivity index (χ1n) is 9.65. The molecule has 4 rings (SSSR count). The Morgan fingerprint density at radius 2 is 2.04 bits per heavy atom. The average Bonchev–Trinajstić information content (AvgIpc) is 3.54. The lowest BCUT2D eigenvalue weighted by Crippen LogP contribution is -2.29. The van der Waals surface area contributed by atoms with Crippen molar-refractivity contribution in [2.45, 2.75) is 32.7 Å². The van der Waals surface area contributed by atoms with Crippen LogP contribution in [0, 0.1) is 17.2 Å². The van der Waals surface area contributed by atoms with Crippen LogP contribution in [0.2, 0.25) is 0 Å². The number of fused-ring (bicyclic) bond motifs is 1. The van der Waals surface area contributed by atoms with E-state index in [0.717, 1.165) is 52.7 Å². The summed E-state index contributed by atoms with van der Waals surface area (Å²) >= 11 is 0. The van der Waals surface area contributed by atoms with Crippen molar-refractivity contribution in [3.05, 3.63) is 52.2 Å². The lowest BCUT2D eigenvalue weighted by atomic mass is 10.1. The molecule has 1 amide bonds. The van der Waals surface area contributed by atoms with E-state index in [-0.39, 0.29) is 11.8 Å². The molecule has 2 aliphatic carbocycles. The average molecular weight is 373 g/mol. The van der Waals surface area contributed by atoms with Crippen molar-refractivity contribution >= 4 is 23.7 Å². The molecule has 0 atom stereocenters. The number of allylic oxidation sites excluding steroid dienone is 2. The van der Waals surface area contributed by atoms with Crippen molar-refractivity contribution in [1.82, 2.24) is 4.57 Å². The molecule has 0 bridgehead atoms. The number of amides is 1. The molecular weight excluding hydrogens is 350 g/mol. The highest BCUT2D eigenvalue weighted by molar-refractivity contribution is 5.94. The van der Waals surface area contributed by atoms with Crippen molar-refractivity contribution < 1.29 is 9.53 Å². The van der Waals surface area contributed by atoms with Crippen molar-refractivity contribution in [1.29, 1.82) is 5.26 Å². The van der Waals surface area contributed by atoms with Crippen LogP contribution in [-0.2, 0) is 16.1 Å². The smallest absolute Gasteiger partial charge is 0.227 e. The standard InChI is InChI=1S/C23H23N3O2/c1-3-26-21-13-11-18(28-2)10-12-19(21)20(14-24)22(26)15-6-8-17(9-7-15)25-23(27)16-4-5-16/h6-9,11-13,16H,3-5,10H2,1-2H3,(H,25,27). The third-order valence-corrected chi connectivity index (χ3v) is 5.34. The van der Waals surface area contributed by atoms with Gasteiger partial charge in [-0.25, -0.2) is 0 Å². The second-order valence-electron chi connectivity index (χ2n) is 7.13. The number of carbonyl (C=O) groups excluding carboxylic acids is 1. The van der Waals surface area contributed by atoms with E-state index in [2.05, 4.69) is 29.0 Å². The lowest BCUT2D eigenvalue weighted by Gasteiger charge is -2.10. The second kappa shape index (κ2) is 7.40. The van der Waals surface area contributed by atoms with Crippen LogP contribution in [0.5, 0.6) is 0 Å². The van der Waals surface area contributed by atoms with Gasteiger partial charge in [0.25, 0.3) is 0 Å². The van der Waals surface area contributed by atoms with Gasteiger partial charge in [-0.05, 0) is 49.6 Å². The molecule has 0 unspecified atom stereocenters. The number of anilines is 1. The van der Waals surface area contributed by atoms with E-state index in [4.69, 9.17) is 4.74 Å². The van der Waals surface area contributed by atoms with Gasteiger partial charge in [0, 0.05) is 35.1 Å². The van der Waals surface area contributed by atoms with E-state index in [1.54, 1.807) is 7.11 Å². The first-order valence-corrected chi connectivity index (χ1v) is 9.65. The number of ether oxygens (including phenoxy) is 1. The molecule has 0 spiro atoms. The molecule has 1 fully saturated rings. The highest BCUT2D eigenvalue weighted by Gasteiger charge is 2.29. The van der Waals surface area contributed by atoms with Crippen LogP contribution in [-0.4, -0.2) is 17.6 Å². The number of nitriles is 1. The number of nitrogens with zero attached hydrogens (tertiary/aromatic N) is 2. The first-order chi connectivity index (χ1) is 13.7. The van der Waals surface area contributed by atoms with E-state index in [1.807, 2.05) is 36.4 Å². The number of nitrogens with one attached hydrogen (secondary N) is 1. The summed E-state index contributed by atoms with van der Waals surface area (Å²) in [6, 6.07) is 10.2. The molecule has 0 aliphatic heterocycles. The molecular formula is C23H23N3O2. The number of rotatable bonds is 5. The number of benzene rings is 1. The highest BCUT2D eigenvalue weighted by Crippen LogP contribution is 2.30. The maximum atomic E-state index is 12.0. The number of carbonyl (C=O) groups is 1. The van der Waals surface area contributed by atoms with Crippen LogP contribution in [0.25, 0.3) is 23.4 Å². The number of hydrogen-bond acceptors (Lipinski definition) is 3. The molecule has 1 heterocycles. The summed E-state index contributed by atoms with van der Waals surface area (Å²) in [7, 11) is 1.66. The summed E-state index contributed by atoms with van der Waals surface area (Å²) in [5.41, 5.74) is 3.35. The topological polar surface area (TPSA) is 67.0 Å². The minimum Gasteiger partial charge on any atom is -0.501 e. The summed E-state index contributed by atoms with van der Waals surface area (Å²) in [4.78, 5) is 12.0. The maximum absolute atomic E-state index is 12.0. The molecule has 1 N–H and O–H groups in total. The van der Waals surface area contributed by atoms with E-state index in [9.17, 15) is 10.1 Å². The second-order valence-corrected chi connectivity index (χ2v) is 7.13. The fourth-order valence-corrected chi connectivity index (χ4v) is 3.68. The molecule has 1 saturated carbocycles. The lowest BCUT2D eigenvalue weighted by molar-refractivity contribution is -0.117. The summed E-state index contributed by atoms with van der Waals surface area (Å²) in [6.07, 6.45) is 8.68. The third-order valence-electron chi connectivity index (χ3n) is 5.34. The monoisotopic (exact) mass is 373 g/mol. The van der Waals surface area contributed by atoms with E-state index >= 15 is 0 Å². The van der Waals surface area contributed by atoms with Crippen molar-refractivity contribution in [3.8, 4) is 17.3 Å². The van der Waals surface area contributed by atoms with Crippen LogP contribution in [0.3, 0.4) is 0 Å². The number of aromatic nitrogens is 1. The Hall–Kier alpha value is -3.26. The molecule has 5 heteroatoms. The number of hydrogen-bond donors (Lipinski definition) is 1. The van der Waals surface area contributed by atoms with E-state index in [0.29, 0.717) is 12.0 Å². The highest BCUT2D eigenvalue weighted by atomic mass is 16.5. The molecule has 0 saturated heterocycles. The summed E-state index contributed by atoms with van der Waals surface area (Å²) in [5.74, 6) is 1.15. The fraction of sp³-hybridized carbons (Fsp3) is 0.304. The van der Waals surface area contributed by atoms with Gasteiger partial charge in [0.15, 0.2) is 0 Å². The van der Waals surface area contributed by atoms with Gasteiger partial charge >= 0.3 is 0 Å². The first kappa shape index (κ1) is 18.1. The molecule has 2 aliphatic rings. The molecule has 1 aromatic carbocycles. The van der Waals surface area contributed by atoms with Gasteiger partial charge in [-0.2, -0.15) is 5.26 Å². The zero-order valence-electron chi connectivity index (χ0n) is 16.2. The fourth-order valence-electron chi connectivity index (χ4n) is 3.68. The Bertz CT molecular complexity index is 1110. The van der Waals surface area contributed by atoms with Crippen LogP contribution in [0.4, 0.5) is 5.69 Å².